The van der Waals surface area contributed by atoms with E-state index in [1.54, 1.807) is 7.11 Å². The van der Waals surface area contributed by atoms with E-state index in [9.17, 15) is 0 Å². The summed E-state index contributed by atoms with van der Waals surface area (Å²) in [5.74, 6) is 0.847. The Hall–Kier alpha value is -1.10. The topological polar surface area (TPSA) is 27.7 Å². The SMILES string of the molecule is C=C(C[C@H]1CCO[C@@H](c2ccc(OC)cc2)O1)C[Si](C)(C)C. The van der Waals surface area contributed by atoms with E-state index in [0.29, 0.717) is 0 Å². The zero-order valence-corrected chi connectivity index (χ0v) is 15.2. The molecular formula is C18H28O3Si. The Morgan fingerprint density at radius 3 is 2.55 bits per heavy atom. The minimum Gasteiger partial charge on any atom is -0.497 e. The van der Waals surface area contributed by atoms with Crippen LogP contribution in [0.4, 0.5) is 0 Å². The van der Waals surface area contributed by atoms with Crippen molar-refractivity contribution in [2.24, 2.45) is 0 Å². The molecule has 1 fully saturated rings. The molecule has 1 aromatic carbocycles. The third-order valence-electron chi connectivity index (χ3n) is 3.71. The lowest BCUT2D eigenvalue weighted by molar-refractivity contribution is -0.216. The monoisotopic (exact) mass is 320 g/mol. The summed E-state index contributed by atoms with van der Waals surface area (Å²) in [6, 6.07) is 9.05. The van der Waals surface area contributed by atoms with Gasteiger partial charge in [-0.1, -0.05) is 37.3 Å². The van der Waals surface area contributed by atoms with Crippen molar-refractivity contribution < 1.29 is 14.2 Å². The van der Waals surface area contributed by atoms with E-state index in [4.69, 9.17) is 14.2 Å². The summed E-state index contributed by atoms with van der Waals surface area (Å²) in [7, 11) is 0.573. The van der Waals surface area contributed by atoms with Gasteiger partial charge in [0.25, 0.3) is 0 Å². The maximum atomic E-state index is 6.12. The highest BCUT2D eigenvalue weighted by Gasteiger charge is 2.26. The van der Waals surface area contributed by atoms with Crippen molar-refractivity contribution in [3.8, 4) is 5.75 Å². The normalized spacial score (nSPS) is 22.4. The van der Waals surface area contributed by atoms with Crippen molar-refractivity contribution in [1.82, 2.24) is 0 Å². The lowest BCUT2D eigenvalue weighted by atomic mass is 10.1. The number of hydrogen-bond donors (Lipinski definition) is 0. The van der Waals surface area contributed by atoms with Crippen molar-refractivity contribution in [2.45, 2.75) is 50.9 Å². The summed E-state index contributed by atoms with van der Waals surface area (Å²) in [5.41, 5.74) is 2.36. The molecule has 2 rings (SSSR count). The molecule has 0 aliphatic carbocycles. The largest absolute Gasteiger partial charge is 0.497 e. The Kier molecular flexibility index (Phi) is 5.84. The van der Waals surface area contributed by atoms with Crippen molar-refractivity contribution in [3.63, 3.8) is 0 Å². The average Bonchev–Trinajstić information content (AvgIpc) is 2.45. The molecule has 0 spiro atoms. The van der Waals surface area contributed by atoms with E-state index in [1.165, 1.54) is 11.6 Å². The van der Waals surface area contributed by atoms with Crippen LogP contribution in [0.5, 0.6) is 5.75 Å². The van der Waals surface area contributed by atoms with Gasteiger partial charge >= 0.3 is 0 Å². The van der Waals surface area contributed by atoms with Crippen LogP contribution in [0.25, 0.3) is 0 Å². The number of ether oxygens (including phenoxy) is 3. The Bertz CT molecular complexity index is 490. The molecular weight excluding hydrogens is 292 g/mol. The molecule has 1 aliphatic heterocycles. The Balaban J connectivity index is 1.92. The molecule has 4 heteroatoms. The molecule has 1 heterocycles. The summed E-state index contributed by atoms with van der Waals surface area (Å²) >= 11 is 0. The molecule has 0 saturated carbocycles. The maximum absolute atomic E-state index is 6.12. The Morgan fingerprint density at radius 2 is 1.95 bits per heavy atom. The van der Waals surface area contributed by atoms with Crippen molar-refractivity contribution >= 4 is 8.07 Å². The molecule has 1 aromatic rings. The first-order valence-electron chi connectivity index (χ1n) is 7.95. The van der Waals surface area contributed by atoms with Crippen LogP contribution >= 0.6 is 0 Å². The second-order valence-electron chi connectivity index (χ2n) is 7.21. The zero-order chi connectivity index (χ0) is 16.2. The second kappa shape index (κ2) is 7.44. The predicted molar refractivity (Wildman–Crippen MR) is 93.1 cm³/mol. The molecule has 1 aliphatic rings. The molecule has 0 bridgehead atoms. The minimum atomic E-state index is -1.10. The van der Waals surface area contributed by atoms with E-state index in [0.717, 1.165) is 30.8 Å². The molecule has 3 nitrogen and oxygen atoms in total. The van der Waals surface area contributed by atoms with Gasteiger partial charge < -0.3 is 14.2 Å². The smallest absolute Gasteiger partial charge is 0.184 e. The lowest BCUT2D eigenvalue weighted by Gasteiger charge is -2.31. The Labute approximate surface area is 135 Å². The van der Waals surface area contributed by atoms with Crippen LogP contribution in [-0.2, 0) is 9.47 Å². The fraction of sp³-hybridized carbons (Fsp3) is 0.556. The summed E-state index contributed by atoms with van der Waals surface area (Å²) < 4.78 is 17.1. The number of hydrogen-bond acceptors (Lipinski definition) is 3. The van der Waals surface area contributed by atoms with Gasteiger partial charge in [-0.25, -0.2) is 0 Å². The van der Waals surface area contributed by atoms with Crippen molar-refractivity contribution in [3.05, 3.63) is 42.0 Å². The quantitative estimate of drug-likeness (QED) is 0.557. The van der Waals surface area contributed by atoms with Crippen LogP contribution in [0.2, 0.25) is 25.7 Å². The summed E-state index contributed by atoms with van der Waals surface area (Å²) in [5, 5.41) is 0. The van der Waals surface area contributed by atoms with Gasteiger partial charge in [-0.05, 0) is 31.0 Å². The van der Waals surface area contributed by atoms with E-state index in [1.807, 2.05) is 24.3 Å². The summed E-state index contributed by atoms with van der Waals surface area (Å²) in [4.78, 5) is 0. The third-order valence-corrected chi connectivity index (χ3v) is 5.27. The van der Waals surface area contributed by atoms with Crippen LogP contribution in [0, 0.1) is 0 Å². The second-order valence-corrected chi connectivity index (χ2v) is 12.7. The maximum Gasteiger partial charge on any atom is 0.184 e. The van der Waals surface area contributed by atoms with E-state index < -0.39 is 8.07 Å². The number of benzene rings is 1. The molecule has 0 unspecified atom stereocenters. The van der Waals surface area contributed by atoms with Crippen LogP contribution < -0.4 is 4.74 Å². The fourth-order valence-electron chi connectivity index (χ4n) is 2.82. The van der Waals surface area contributed by atoms with Crippen LogP contribution in [0.3, 0.4) is 0 Å². The predicted octanol–water partition coefficient (Wildman–Crippen LogP) is 4.78. The Morgan fingerprint density at radius 1 is 1.27 bits per heavy atom. The van der Waals surface area contributed by atoms with Crippen molar-refractivity contribution in [2.75, 3.05) is 13.7 Å². The molecule has 122 valence electrons. The highest BCUT2D eigenvalue weighted by Crippen LogP contribution is 2.31. The molecule has 0 N–H and O–H groups in total. The fourth-order valence-corrected chi connectivity index (χ4v) is 4.46. The summed E-state index contributed by atoms with van der Waals surface area (Å²) in [6.07, 6.45) is 1.83. The molecule has 0 radical (unpaired) electrons. The van der Waals surface area contributed by atoms with Crippen molar-refractivity contribution in [1.29, 1.82) is 0 Å². The minimum absolute atomic E-state index is 0.213. The lowest BCUT2D eigenvalue weighted by Crippen LogP contribution is -2.28. The first kappa shape index (κ1) is 17.3. The van der Waals surface area contributed by atoms with E-state index >= 15 is 0 Å². The molecule has 0 aromatic heterocycles. The highest BCUT2D eigenvalue weighted by molar-refractivity contribution is 6.76. The summed E-state index contributed by atoms with van der Waals surface area (Å²) in [6.45, 7) is 12.1. The number of rotatable bonds is 6. The van der Waals surface area contributed by atoms with Gasteiger partial charge in [0, 0.05) is 13.6 Å². The van der Waals surface area contributed by atoms with Gasteiger partial charge in [0.2, 0.25) is 0 Å². The molecule has 2 atom stereocenters. The van der Waals surface area contributed by atoms with Crippen LogP contribution in [-0.4, -0.2) is 27.9 Å². The van der Waals surface area contributed by atoms with Crippen LogP contribution in [0.15, 0.2) is 36.4 Å². The van der Waals surface area contributed by atoms with E-state index in [-0.39, 0.29) is 12.4 Å². The van der Waals surface area contributed by atoms with Gasteiger partial charge in [0.05, 0.1) is 19.8 Å². The number of methoxy groups -OCH3 is 1. The van der Waals surface area contributed by atoms with Crippen LogP contribution in [0.1, 0.15) is 24.7 Å². The zero-order valence-electron chi connectivity index (χ0n) is 14.2. The highest BCUT2D eigenvalue weighted by atomic mass is 28.3. The average molecular weight is 321 g/mol. The van der Waals surface area contributed by atoms with Gasteiger partial charge in [-0.2, -0.15) is 0 Å². The third kappa shape index (κ3) is 5.27. The van der Waals surface area contributed by atoms with E-state index in [2.05, 4.69) is 26.2 Å². The first-order chi connectivity index (χ1) is 10.4. The first-order valence-corrected chi connectivity index (χ1v) is 11.7. The molecule has 22 heavy (non-hydrogen) atoms. The standard InChI is InChI=1S/C18H28O3Si/c1-14(13-22(3,4)5)12-17-10-11-20-18(21-17)15-6-8-16(19-2)9-7-15/h6-9,17-18H,1,10-13H2,2-5H3/t17-,18-/m1/s1. The molecule has 1 saturated heterocycles. The van der Waals surface area contributed by atoms with Gasteiger partial charge in [-0.3, -0.25) is 0 Å². The molecule has 0 amide bonds. The van der Waals surface area contributed by atoms with Gasteiger partial charge in [0.15, 0.2) is 6.29 Å². The van der Waals surface area contributed by atoms with Gasteiger partial charge in [0.1, 0.15) is 5.75 Å². The van der Waals surface area contributed by atoms with Gasteiger partial charge in [-0.15, -0.1) is 6.58 Å².